The number of carbonyl (C=O) groups is 1. The summed E-state index contributed by atoms with van der Waals surface area (Å²) in [6.45, 7) is 6.49. The molecule has 0 saturated carbocycles. The molecule has 1 aliphatic heterocycles. The van der Waals surface area contributed by atoms with Crippen molar-refractivity contribution in [3.8, 4) is 0 Å². The maximum absolute atomic E-state index is 11.6. The van der Waals surface area contributed by atoms with Crippen molar-refractivity contribution >= 4 is 17.7 Å². The second-order valence-electron chi connectivity index (χ2n) is 4.64. The molecule has 1 amide bonds. The molecular weight excluding hydrogens is 222 g/mol. The highest BCUT2D eigenvalue weighted by molar-refractivity contribution is 7.99. The lowest BCUT2D eigenvalue weighted by Gasteiger charge is -2.27. The van der Waals surface area contributed by atoms with Gasteiger partial charge in [0.05, 0.1) is 6.54 Å². The molecule has 0 aliphatic carbocycles. The van der Waals surface area contributed by atoms with E-state index in [1.807, 2.05) is 32.7 Å². The lowest BCUT2D eigenvalue weighted by atomic mass is 10.2. The molecule has 0 aromatic rings. The molecule has 1 fully saturated rings. The SMILES string of the molecule is CSC1CNCC1N(C)CC(=O)NC(C)C. The average molecular weight is 245 g/mol. The predicted molar refractivity (Wildman–Crippen MR) is 69.9 cm³/mol. The summed E-state index contributed by atoms with van der Waals surface area (Å²) >= 11 is 1.87. The van der Waals surface area contributed by atoms with Gasteiger partial charge in [-0.3, -0.25) is 9.69 Å². The van der Waals surface area contributed by atoms with Gasteiger partial charge in [0.2, 0.25) is 5.91 Å². The van der Waals surface area contributed by atoms with Crippen LogP contribution in [0.2, 0.25) is 0 Å². The Morgan fingerprint density at radius 3 is 2.81 bits per heavy atom. The van der Waals surface area contributed by atoms with Gasteiger partial charge in [-0.15, -0.1) is 0 Å². The molecule has 0 aromatic carbocycles. The fraction of sp³-hybridized carbons (Fsp3) is 0.909. The van der Waals surface area contributed by atoms with Gasteiger partial charge in [0.15, 0.2) is 0 Å². The molecular formula is C11H23N3OS. The summed E-state index contributed by atoms with van der Waals surface area (Å²) in [5, 5.41) is 6.89. The molecule has 2 N–H and O–H groups in total. The standard InChI is InChI=1S/C11H23N3OS/c1-8(2)13-11(15)7-14(3)9-5-12-6-10(9)16-4/h8-10,12H,5-7H2,1-4H3,(H,13,15). The summed E-state index contributed by atoms with van der Waals surface area (Å²) in [7, 11) is 2.03. The fourth-order valence-corrected chi connectivity index (χ4v) is 2.94. The molecule has 1 saturated heterocycles. The van der Waals surface area contributed by atoms with Gasteiger partial charge in [0.1, 0.15) is 0 Å². The van der Waals surface area contributed by atoms with E-state index in [1.54, 1.807) is 0 Å². The second-order valence-corrected chi connectivity index (χ2v) is 5.71. The topological polar surface area (TPSA) is 44.4 Å². The summed E-state index contributed by atoms with van der Waals surface area (Å²) in [5.41, 5.74) is 0. The molecule has 0 radical (unpaired) electrons. The summed E-state index contributed by atoms with van der Waals surface area (Å²) in [6, 6.07) is 0.687. The molecule has 2 unspecified atom stereocenters. The predicted octanol–water partition coefficient (Wildman–Crippen LogP) is 0.146. The van der Waals surface area contributed by atoms with Crippen molar-refractivity contribution in [2.75, 3.05) is 32.9 Å². The molecule has 0 aromatic heterocycles. The summed E-state index contributed by atoms with van der Waals surface area (Å²) < 4.78 is 0. The van der Waals surface area contributed by atoms with Crippen LogP contribution in [0.15, 0.2) is 0 Å². The van der Waals surface area contributed by atoms with Gasteiger partial charge >= 0.3 is 0 Å². The first-order valence-corrected chi connectivity index (χ1v) is 7.06. The maximum atomic E-state index is 11.6. The Balaban J connectivity index is 2.39. The molecule has 2 atom stereocenters. The Kier molecular flexibility index (Phi) is 5.58. The Morgan fingerprint density at radius 2 is 2.25 bits per heavy atom. The first kappa shape index (κ1) is 13.8. The van der Waals surface area contributed by atoms with Crippen LogP contribution in [-0.2, 0) is 4.79 Å². The normalized spacial score (nSPS) is 25.4. The minimum atomic E-state index is 0.115. The minimum absolute atomic E-state index is 0.115. The van der Waals surface area contributed by atoms with Crippen LogP contribution in [0.4, 0.5) is 0 Å². The molecule has 5 heteroatoms. The van der Waals surface area contributed by atoms with E-state index in [1.165, 1.54) is 0 Å². The third-order valence-corrected chi connectivity index (χ3v) is 3.93. The number of amides is 1. The smallest absolute Gasteiger partial charge is 0.234 e. The summed E-state index contributed by atoms with van der Waals surface area (Å²) in [4.78, 5) is 13.8. The van der Waals surface area contributed by atoms with Crippen LogP contribution < -0.4 is 10.6 Å². The van der Waals surface area contributed by atoms with Crippen molar-refractivity contribution in [3.63, 3.8) is 0 Å². The Labute approximate surface area is 103 Å². The van der Waals surface area contributed by atoms with E-state index in [2.05, 4.69) is 21.8 Å². The first-order valence-electron chi connectivity index (χ1n) is 5.77. The highest BCUT2D eigenvalue weighted by atomic mass is 32.2. The maximum Gasteiger partial charge on any atom is 0.234 e. The number of nitrogens with one attached hydrogen (secondary N) is 2. The molecule has 0 spiro atoms. The number of rotatable bonds is 5. The lowest BCUT2D eigenvalue weighted by Crippen LogP contribution is -2.46. The Bertz CT molecular complexity index is 235. The van der Waals surface area contributed by atoms with E-state index < -0.39 is 0 Å². The van der Waals surface area contributed by atoms with Crippen LogP contribution >= 0.6 is 11.8 Å². The molecule has 4 nitrogen and oxygen atoms in total. The van der Waals surface area contributed by atoms with Crippen molar-refractivity contribution in [3.05, 3.63) is 0 Å². The monoisotopic (exact) mass is 245 g/mol. The Hall–Kier alpha value is -0.260. The van der Waals surface area contributed by atoms with Crippen LogP contribution in [0, 0.1) is 0 Å². The molecule has 1 rings (SSSR count). The van der Waals surface area contributed by atoms with Gasteiger partial charge in [-0.25, -0.2) is 0 Å². The van der Waals surface area contributed by atoms with Crippen molar-refractivity contribution in [2.45, 2.75) is 31.2 Å². The van der Waals surface area contributed by atoms with Gasteiger partial charge in [-0.05, 0) is 27.2 Å². The zero-order valence-corrected chi connectivity index (χ0v) is 11.4. The van der Waals surface area contributed by atoms with Crippen LogP contribution in [0.1, 0.15) is 13.8 Å². The molecule has 1 aliphatic rings. The van der Waals surface area contributed by atoms with E-state index in [4.69, 9.17) is 0 Å². The number of carbonyl (C=O) groups excluding carboxylic acids is 1. The van der Waals surface area contributed by atoms with E-state index in [0.29, 0.717) is 17.8 Å². The lowest BCUT2D eigenvalue weighted by molar-refractivity contribution is -0.122. The molecule has 16 heavy (non-hydrogen) atoms. The number of nitrogens with zero attached hydrogens (tertiary/aromatic N) is 1. The minimum Gasteiger partial charge on any atom is -0.353 e. The largest absolute Gasteiger partial charge is 0.353 e. The first-order chi connectivity index (χ1) is 7.54. The van der Waals surface area contributed by atoms with Gasteiger partial charge in [0.25, 0.3) is 0 Å². The van der Waals surface area contributed by atoms with Gasteiger partial charge in [-0.1, -0.05) is 0 Å². The molecule has 1 heterocycles. The van der Waals surface area contributed by atoms with Crippen molar-refractivity contribution < 1.29 is 4.79 Å². The van der Waals surface area contributed by atoms with Gasteiger partial charge in [-0.2, -0.15) is 11.8 Å². The fourth-order valence-electron chi connectivity index (χ4n) is 2.03. The number of hydrogen-bond donors (Lipinski definition) is 2. The van der Waals surface area contributed by atoms with Crippen molar-refractivity contribution in [2.24, 2.45) is 0 Å². The third kappa shape index (κ3) is 3.96. The van der Waals surface area contributed by atoms with Gasteiger partial charge < -0.3 is 10.6 Å². The van der Waals surface area contributed by atoms with Crippen LogP contribution in [0.5, 0.6) is 0 Å². The molecule has 0 bridgehead atoms. The number of hydrogen-bond acceptors (Lipinski definition) is 4. The van der Waals surface area contributed by atoms with E-state index in [0.717, 1.165) is 13.1 Å². The van der Waals surface area contributed by atoms with E-state index in [-0.39, 0.29) is 11.9 Å². The zero-order valence-electron chi connectivity index (χ0n) is 10.6. The number of likely N-dealkylation sites (N-methyl/N-ethyl adjacent to an activating group) is 1. The van der Waals surface area contributed by atoms with Crippen LogP contribution in [0.3, 0.4) is 0 Å². The Morgan fingerprint density at radius 1 is 1.56 bits per heavy atom. The van der Waals surface area contributed by atoms with Crippen LogP contribution in [-0.4, -0.2) is 61.1 Å². The zero-order chi connectivity index (χ0) is 12.1. The van der Waals surface area contributed by atoms with Crippen molar-refractivity contribution in [1.82, 2.24) is 15.5 Å². The summed E-state index contributed by atoms with van der Waals surface area (Å²) in [5.74, 6) is 0.115. The second kappa shape index (κ2) is 6.47. The van der Waals surface area contributed by atoms with Crippen LogP contribution in [0.25, 0.3) is 0 Å². The summed E-state index contributed by atoms with van der Waals surface area (Å²) in [6.07, 6.45) is 2.13. The van der Waals surface area contributed by atoms with E-state index in [9.17, 15) is 4.79 Å². The average Bonchev–Trinajstić information content (AvgIpc) is 2.63. The van der Waals surface area contributed by atoms with E-state index >= 15 is 0 Å². The highest BCUT2D eigenvalue weighted by Crippen LogP contribution is 2.18. The van der Waals surface area contributed by atoms with Crippen molar-refractivity contribution in [1.29, 1.82) is 0 Å². The third-order valence-electron chi connectivity index (χ3n) is 2.84. The highest BCUT2D eigenvalue weighted by Gasteiger charge is 2.30. The molecule has 94 valence electrons. The van der Waals surface area contributed by atoms with Gasteiger partial charge in [0, 0.05) is 30.4 Å². The number of thioether (sulfide) groups is 1. The quantitative estimate of drug-likeness (QED) is 0.723.